The number of amides is 1. The van der Waals surface area contributed by atoms with E-state index in [4.69, 9.17) is 0 Å². The fourth-order valence-electron chi connectivity index (χ4n) is 2.49. The summed E-state index contributed by atoms with van der Waals surface area (Å²) in [4.78, 5) is 12.5. The van der Waals surface area contributed by atoms with Gasteiger partial charge in [0.2, 0.25) is 10.0 Å². The van der Waals surface area contributed by atoms with Gasteiger partial charge in [-0.05, 0) is 58.4 Å². The minimum Gasteiger partial charge on any atom is -0.406 e. The molecular weight excluding hydrogens is 477 g/mol. The Bertz CT molecular complexity index is 976. The topological polar surface area (TPSA) is 75.7 Å². The van der Waals surface area contributed by atoms with Crippen LogP contribution in [0, 0.1) is 0 Å². The standard InChI is InChI=1S/C18H18BrF3N2O4S/c1-3-24(4-2)29(26,27)14-9-10-16(19)15(11-14)17(25)23-12-5-7-13(8-6-12)28-18(20,21)22/h5-11H,3-4H2,1-2H3,(H,23,25). The monoisotopic (exact) mass is 494 g/mol. The van der Waals surface area contributed by atoms with Gasteiger partial charge in [-0.3, -0.25) is 4.79 Å². The number of alkyl halides is 3. The van der Waals surface area contributed by atoms with Gasteiger partial charge in [-0.15, -0.1) is 13.2 Å². The SMILES string of the molecule is CCN(CC)S(=O)(=O)c1ccc(Br)c(C(=O)Nc2ccc(OC(F)(F)F)cc2)c1. The molecule has 0 aromatic heterocycles. The van der Waals surface area contributed by atoms with Crippen LogP contribution in [0.3, 0.4) is 0 Å². The zero-order valence-corrected chi connectivity index (χ0v) is 17.9. The molecular formula is C18H18BrF3N2O4S. The van der Waals surface area contributed by atoms with Gasteiger partial charge < -0.3 is 10.1 Å². The second-order valence-electron chi connectivity index (χ2n) is 5.76. The number of hydrogen-bond acceptors (Lipinski definition) is 4. The molecule has 158 valence electrons. The van der Waals surface area contributed by atoms with E-state index in [2.05, 4.69) is 26.0 Å². The van der Waals surface area contributed by atoms with Crippen molar-refractivity contribution in [1.29, 1.82) is 0 Å². The van der Waals surface area contributed by atoms with Gasteiger partial charge in [-0.1, -0.05) is 13.8 Å². The van der Waals surface area contributed by atoms with Gasteiger partial charge in [-0.25, -0.2) is 8.42 Å². The van der Waals surface area contributed by atoms with Crippen molar-refractivity contribution in [3.8, 4) is 5.75 Å². The van der Waals surface area contributed by atoms with Crippen LogP contribution in [0.2, 0.25) is 0 Å². The Morgan fingerprint density at radius 2 is 1.69 bits per heavy atom. The van der Waals surface area contributed by atoms with Crippen molar-refractivity contribution >= 4 is 37.5 Å². The summed E-state index contributed by atoms with van der Waals surface area (Å²) in [6.45, 7) is 3.98. The number of benzene rings is 2. The van der Waals surface area contributed by atoms with Crippen molar-refractivity contribution in [3.63, 3.8) is 0 Å². The normalized spacial score (nSPS) is 12.1. The molecule has 6 nitrogen and oxygen atoms in total. The Labute approximate surface area is 174 Å². The maximum Gasteiger partial charge on any atom is 0.573 e. The van der Waals surface area contributed by atoms with Crippen LogP contribution in [-0.2, 0) is 10.0 Å². The third-order valence-corrected chi connectivity index (χ3v) is 6.61. The molecule has 0 unspecified atom stereocenters. The van der Waals surface area contributed by atoms with Crippen LogP contribution in [0.5, 0.6) is 5.75 Å². The number of rotatable bonds is 7. The number of hydrogen-bond donors (Lipinski definition) is 1. The number of ether oxygens (including phenoxy) is 1. The van der Waals surface area contributed by atoms with Gasteiger partial charge in [-0.2, -0.15) is 4.31 Å². The summed E-state index contributed by atoms with van der Waals surface area (Å²) < 4.78 is 67.4. The maximum atomic E-state index is 12.7. The zero-order chi connectivity index (χ0) is 21.8. The van der Waals surface area contributed by atoms with E-state index in [1.54, 1.807) is 13.8 Å². The molecule has 0 bridgehead atoms. The third kappa shape index (κ3) is 5.94. The van der Waals surface area contributed by atoms with Crippen LogP contribution in [0.4, 0.5) is 18.9 Å². The number of sulfonamides is 1. The van der Waals surface area contributed by atoms with E-state index in [-0.39, 0.29) is 29.2 Å². The van der Waals surface area contributed by atoms with Crippen LogP contribution in [0.1, 0.15) is 24.2 Å². The number of carbonyl (C=O) groups is 1. The van der Waals surface area contributed by atoms with Crippen LogP contribution in [0.25, 0.3) is 0 Å². The average molecular weight is 495 g/mol. The van der Waals surface area contributed by atoms with Gasteiger partial charge in [0.05, 0.1) is 10.5 Å². The van der Waals surface area contributed by atoms with Crippen LogP contribution < -0.4 is 10.1 Å². The largest absolute Gasteiger partial charge is 0.573 e. The summed E-state index contributed by atoms with van der Waals surface area (Å²) in [5, 5.41) is 2.51. The molecule has 0 atom stereocenters. The number of nitrogens with zero attached hydrogens (tertiary/aromatic N) is 1. The van der Waals surface area contributed by atoms with E-state index in [1.807, 2.05) is 0 Å². The predicted molar refractivity (Wildman–Crippen MR) is 105 cm³/mol. The second-order valence-corrected chi connectivity index (χ2v) is 8.55. The van der Waals surface area contributed by atoms with E-state index in [0.29, 0.717) is 4.47 Å². The van der Waals surface area contributed by atoms with Gasteiger partial charge in [0, 0.05) is 23.2 Å². The fourth-order valence-corrected chi connectivity index (χ4v) is 4.40. The maximum absolute atomic E-state index is 12.7. The minimum absolute atomic E-state index is 0.0384. The number of anilines is 1. The van der Waals surface area contributed by atoms with Crippen molar-refractivity contribution in [2.45, 2.75) is 25.1 Å². The highest BCUT2D eigenvalue weighted by molar-refractivity contribution is 9.10. The lowest BCUT2D eigenvalue weighted by atomic mass is 10.2. The third-order valence-electron chi connectivity index (χ3n) is 3.87. The van der Waals surface area contributed by atoms with E-state index < -0.39 is 28.0 Å². The lowest BCUT2D eigenvalue weighted by Gasteiger charge is -2.19. The molecule has 1 N–H and O–H groups in total. The first kappa shape index (κ1) is 23.2. The molecule has 0 aliphatic heterocycles. The first-order valence-corrected chi connectivity index (χ1v) is 10.7. The first-order valence-electron chi connectivity index (χ1n) is 8.44. The molecule has 0 saturated carbocycles. The summed E-state index contributed by atoms with van der Waals surface area (Å²) >= 11 is 3.21. The molecule has 0 aliphatic rings. The Morgan fingerprint density at radius 3 is 2.21 bits per heavy atom. The van der Waals surface area contributed by atoms with Gasteiger partial charge in [0.1, 0.15) is 5.75 Å². The smallest absolute Gasteiger partial charge is 0.406 e. The van der Waals surface area contributed by atoms with Crippen molar-refractivity contribution in [1.82, 2.24) is 4.31 Å². The van der Waals surface area contributed by atoms with E-state index in [0.717, 1.165) is 12.1 Å². The molecule has 0 spiro atoms. The second kappa shape index (κ2) is 9.14. The Balaban J connectivity index is 2.25. The molecule has 0 radical (unpaired) electrons. The van der Waals surface area contributed by atoms with E-state index in [9.17, 15) is 26.4 Å². The summed E-state index contributed by atoms with van der Waals surface area (Å²) in [5.41, 5.74) is 0.280. The lowest BCUT2D eigenvalue weighted by Crippen LogP contribution is -2.30. The molecule has 2 rings (SSSR count). The van der Waals surface area contributed by atoms with E-state index >= 15 is 0 Å². The molecule has 2 aromatic rings. The molecule has 0 fully saturated rings. The van der Waals surface area contributed by atoms with Crippen molar-refractivity contribution < 1.29 is 31.1 Å². The number of nitrogens with one attached hydrogen (secondary N) is 1. The molecule has 0 saturated heterocycles. The predicted octanol–water partition coefficient (Wildman–Crippen LogP) is 4.63. The van der Waals surface area contributed by atoms with E-state index in [1.165, 1.54) is 34.6 Å². The molecule has 0 heterocycles. The Kier molecular flexibility index (Phi) is 7.30. The zero-order valence-electron chi connectivity index (χ0n) is 15.5. The van der Waals surface area contributed by atoms with Gasteiger partial charge >= 0.3 is 6.36 Å². The number of carbonyl (C=O) groups excluding carboxylic acids is 1. The van der Waals surface area contributed by atoms with Crippen molar-refractivity contribution in [3.05, 3.63) is 52.5 Å². The summed E-state index contributed by atoms with van der Waals surface area (Å²) in [5.74, 6) is -1.05. The van der Waals surface area contributed by atoms with Gasteiger partial charge in [0.25, 0.3) is 5.91 Å². The Morgan fingerprint density at radius 1 is 1.10 bits per heavy atom. The minimum atomic E-state index is -4.81. The first-order chi connectivity index (χ1) is 13.5. The highest BCUT2D eigenvalue weighted by Gasteiger charge is 2.31. The van der Waals surface area contributed by atoms with Crippen LogP contribution in [0.15, 0.2) is 51.8 Å². The van der Waals surface area contributed by atoms with Gasteiger partial charge in [0.15, 0.2) is 0 Å². The summed E-state index contributed by atoms with van der Waals surface area (Å²) in [6.07, 6.45) is -4.81. The van der Waals surface area contributed by atoms with Crippen molar-refractivity contribution in [2.24, 2.45) is 0 Å². The molecule has 1 amide bonds. The highest BCUT2D eigenvalue weighted by atomic mass is 79.9. The molecule has 2 aromatic carbocycles. The highest BCUT2D eigenvalue weighted by Crippen LogP contribution is 2.26. The fraction of sp³-hybridized carbons (Fsp3) is 0.278. The summed E-state index contributed by atoms with van der Waals surface area (Å²) in [6, 6.07) is 8.67. The van der Waals surface area contributed by atoms with Crippen LogP contribution >= 0.6 is 15.9 Å². The Hall–Kier alpha value is -2.11. The summed E-state index contributed by atoms with van der Waals surface area (Å²) in [7, 11) is -3.76. The lowest BCUT2D eigenvalue weighted by molar-refractivity contribution is -0.274. The molecule has 0 aliphatic carbocycles. The average Bonchev–Trinajstić information content (AvgIpc) is 2.63. The molecule has 29 heavy (non-hydrogen) atoms. The molecule has 11 heteroatoms. The van der Waals surface area contributed by atoms with Crippen LogP contribution in [-0.4, -0.2) is 38.1 Å². The number of halogens is 4. The van der Waals surface area contributed by atoms with Crippen molar-refractivity contribution in [2.75, 3.05) is 18.4 Å². The quantitative estimate of drug-likeness (QED) is 0.608.